The smallest absolute Gasteiger partial charge is 0.246 e. The summed E-state index contributed by atoms with van der Waals surface area (Å²) >= 11 is 0. The number of aromatic nitrogens is 2. The lowest BCUT2D eigenvalue weighted by molar-refractivity contribution is -0.126. The van der Waals surface area contributed by atoms with Gasteiger partial charge in [-0.25, -0.2) is 4.98 Å². The summed E-state index contributed by atoms with van der Waals surface area (Å²) < 4.78 is 2.31. The molecule has 0 spiro atoms. The molecule has 1 saturated heterocycles. The molecule has 2 heterocycles. The van der Waals surface area contributed by atoms with Crippen LogP contribution in [0.25, 0.3) is 17.1 Å². The lowest BCUT2D eigenvalue weighted by Gasteiger charge is -2.35. The first-order valence-corrected chi connectivity index (χ1v) is 9.98. The maximum atomic E-state index is 12.5. The van der Waals surface area contributed by atoms with Crippen LogP contribution in [0.4, 0.5) is 5.95 Å². The molecule has 5 nitrogen and oxygen atoms in total. The molecule has 0 saturated carbocycles. The molecule has 0 aliphatic carbocycles. The van der Waals surface area contributed by atoms with Gasteiger partial charge < -0.3 is 14.4 Å². The first-order valence-electron chi connectivity index (χ1n) is 9.98. The Morgan fingerprint density at radius 2 is 1.71 bits per heavy atom. The second-order valence-corrected chi connectivity index (χ2v) is 7.11. The molecule has 2 aromatic carbocycles. The Balaban J connectivity index is 1.44. The predicted molar refractivity (Wildman–Crippen MR) is 114 cm³/mol. The number of anilines is 1. The van der Waals surface area contributed by atoms with Crippen LogP contribution in [0.1, 0.15) is 18.9 Å². The van der Waals surface area contributed by atoms with Gasteiger partial charge in [-0.15, -0.1) is 0 Å². The Hall–Kier alpha value is -3.08. The lowest BCUT2D eigenvalue weighted by Crippen LogP contribution is -2.49. The fourth-order valence-electron chi connectivity index (χ4n) is 3.71. The molecule has 1 aromatic heterocycles. The van der Waals surface area contributed by atoms with Crippen molar-refractivity contribution in [2.75, 3.05) is 31.1 Å². The third-order valence-corrected chi connectivity index (χ3v) is 5.17. The molecule has 1 aliphatic heterocycles. The number of imidazole rings is 1. The number of aryl methyl sites for hydroxylation is 1. The molecule has 3 aromatic rings. The highest BCUT2D eigenvalue weighted by atomic mass is 16.2. The minimum absolute atomic E-state index is 0.0746. The van der Waals surface area contributed by atoms with Gasteiger partial charge in [-0.1, -0.05) is 49.4 Å². The number of nitrogens with zero attached hydrogens (tertiary/aromatic N) is 4. The van der Waals surface area contributed by atoms with Crippen molar-refractivity contribution in [3.63, 3.8) is 0 Å². The van der Waals surface area contributed by atoms with Crippen molar-refractivity contribution in [1.82, 2.24) is 14.5 Å². The zero-order valence-electron chi connectivity index (χ0n) is 16.3. The van der Waals surface area contributed by atoms with E-state index >= 15 is 0 Å². The van der Waals surface area contributed by atoms with Crippen LogP contribution in [0.5, 0.6) is 0 Å². The normalized spacial score (nSPS) is 14.9. The van der Waals surface area contributed by atoms with Crippen LogP contribution in [0, 0.1) is 0 Å². The number of para-hydroxylation sites is 2. The van der Waals surface area contributed by atoms with E-state index in [2.05, 4.69) is 34.6 Å². The van der Waals surface area contributed by atoms with Crippen LogP contribution in [-0.4, -0.2) is 46.5 Å². The van der Waals surface area contributed by atoms with Gasteiger partial charge in [0.15, 0.2) is 0 Å². The maximum absolute atomic E-state index is 12.5. The van der Waals surface area contributed by atoms with Crippen LogP contribution in [0.2, 0.25) is 0 Å². The first kappa shape index (κ1) is 18.3. The Morgan fingerprint density at radius 3 is 2.46 bits per heavy atom. The molecule has 0 N–H and O–H groups in total. The fraction of sp³-hybridized carbons (Fsp3) is 0.304. The second-order valence-electron chi connectivity index (χ2n) is 7.11. The summed E-state index contributed by atoms with van der Waals surface area (Å²) in [4.78, 5) is 21.6. The monoisotopic (exact) mass is 374 g/mol. The highest BCUT2D eigenvalue weighted by molar-refractivity contribution is 5.92. The molecule has 144 valence electrons. The Bertz CT molecular complexity index is 969. The van der Waals surface area contributed by atoms with Crippen molar-refractivity contribution in [2.45, 2.75) is 19.9 Å². The molecule has 1 amide bonds. The van der Waals surface area contributed by atoms with Crippen molar-refractivity contribution in [2.24, 2.45) is 0 Å². The van der Waals surface area contributed by atoms with Gasteiger partial charge >= 0.3 is 0 Å². The van der Waals surface area contributed by atoms with Crippen LogP contribution < -0.4 is 4.90 Å². The molecule has 0 unspecified atom stereocenters. The number of hydrogen-bond donors (Lipinski definition) is 0. The van der Waals surface area contributed by atoms with Crippen molar-refractivity contribution in [1.29, 1.82) is 0 Å². The fourth-order valence-corrected chi connectivity index (χ4v) is 3.71. The molecule has 0 radical (unpaired) electrons. The van der Waals surface area contributed by atoms with E-state index in [4.69, 9.17) is 4.98 Å². The van der Waals surface area contributed by atoms with E-state index in [1.54, 1.807) is 6.08 Å². The topological polar surface area (TPSA) is 41.4 Å². The maximum Gasteiger partial charge on any atom is 0.246 e. The van der Waals surface area contributed by atoms with E-state index in [0.29, 0.717) is 13.1 Å². The summed E-state index contributed by atoms with van der Waals surface area (Å²) in [7, 11) is 0. The standard InChI is InChI=1S/C23H26N4O/c1-2-14-27-21-11-7-6-10-20(21)24-23(27)26-17-15-25(16-18-26)22(28)13-12-19-8-4-3-5-9-19/h3-13H,2,14-18H2,1H3. The quantitative estimate of drug-likeness (QED) is 0.638. The number of carbonyl (C=O) groups is 1. The van der Waals surface area contributed by atoms with Gasteiger partial charge in [-0.05, 0) is 30.2 Å². The van der Waals surface area contributed by atoms with Crippen LogP contribution in [-0.2, 0) is 11.3 Å². The minimum Gasteiger partial charge on any atom is -0.339 e. The molecule has 1 aliphatic rings. The van der Waals surface area contributed by atoms with Crippen LogP contribution >= 0.6 is 0 Å². The summed E-state index contributed by atoms with van der Waals surface area (Å²) in [6.45, 7) is 6.18. The predicted octanol–water partition coefficient (Wildman–Crippen LogP) is 3.81. The Morgan fingerprint density at radius 1 is 1.00 bits per heavy atom. The highest BCUT2D eigenvalue weighted by Crippen LogP contribution is 2.24. The molecule has 0 bridgehead atoms. The number of amides is 1. The van der Waals surface area contributed by atoms with E-state index in [9.17, 15) is 4.79 Å². The first-order chi connectivity index (χ1) is 13.8. The average molecular weight is 374 g/mol. The summed E-state index contributed by atoms with van der Waals surface area (Å²) in [5.74, 6) is 1.10. The molecule has 5 heteroatoms. The zero-order valence-corrected chi connectivity index (χ0v) is 16.3. The van der Waals surface area contributed by atoms with E-state index < -0.39 is 0 Å². The van der Waals surface area contributed by atoms with Crippen molar-refractivity contribution in [3.8, 4) is 0 Å². The van der Waals surface area contributed by atoms with Crippen molar-refractivity contribution < 1.29 is 4.79 Å². The SMILES string of the molecule is CCCn1c(N2CCN(C(=O)C=Cc3ccccc3)CC2)nc2ccccc21. The number of carbonyl (C=O) groups excluding carboxylic acids is 1. The zero-order chi connectivity index (χ0) is 19.3. The van der Waals surface area contributed by atoms with Crippen molar-refractivity contribution >= 4 is 29.0 Å². The van der Waals surface area contributed by atoms with Gasteiger partial charge in [-0.3, -0.25) is 4.79 Å². The van der Waals surface area contributed by atoms with E-state index in [1.165, 1.54) is 5.52 Å². The molecular formula is C23H26N4O. The molecule has 4 rings (SSSR count). The van der Waals surface area contributed by atoms with Crippen LogP contribution in [0.15, 0.2) is 60.7 Å². The molecule has 1 fully saturated rings. The number of benzene rings is 2. The van der Waals surface area contributed by atoms with Crippen LogP contribution in [0.3, 0.4) is 0 Å². The van der Waals surface area contributed by atoms with Gasteiger partial charge in [0, 0.05) is 38.8 Å². The molecule has 0 atom stereocenters. The van der Waals surface area contributed by atoms with E-state index in [-0.39, 0.29) is 5.91 Å². The summed E-state index contributed by atoms with van der Waals surface area (Å²) in [6.07, 6.45) is 4.63. The summed E-state index contributed by atoms with van der Waals surface area (Å²) in [5, 5.41) is 0. The Kier molecular flexibility index (Phi) is 5.42. The van der Waals surface area contributed by atoms with E-state index in [0.717, 1.165) is 43.1 Å². The number of rotatable bonds is 5. The van der Waals surface area contributed by atoms with Gasteiger partial charge in [0.05, 0.1) is 11.0 Å². The summed E-state index contributed by atoms with van der Waals surface area (Å²) in [5.41, 5.74) is 3.27. The van der Waals surface area contributed by atoms with Gasteiger partial charge in [0.25, 0.3) is 0 Å². The van der Waals surface area contributed by atoms with Gasteiger partial charge in [0.2, 0.25) is 11.9 Å². The minimum atomic E-state index is 0.0746. The largest absolute Gasteiger partial charge is 0.339 e. The molecular weight excluding hydrogens is 348 g/mol. The van der Waals surface area contributed by atoms with E-state index in [1.807, 2.05) is 47.4 Å². The molecule has 28 heavy (non-hydrogen) atoms. The Labute approximate surface area is 165 Å². The highest BCUT2D eigenvalue weighted by Gasteiger charge is 2.23. The second kappa shape index (κ2) is 8.30. The number of hydrogen-bond acceptors (Lipinski definition) is 3. The summed E-state index contributed by atoms with van der Waals surface area (Å²) in [6, 6.07) is 18.2. The lowest BCUT2D eigenvalue weighted by atomic mass is 10.2. The van der Waals surface area contributed by atoms with Gasteiger partial charge in [-0.2, -0.15) is 0 Å². The van der Waals surface area contributed by atoms with Gasteiger partial charge in [0.1, 0.15) is 0 Å². The van der Waals surface area contributed by atoms with Crippen molar-refractivity contribution in [3.05, 3.63) is 66.2 Å². The third-order valence-electron chi connectivity index (χ3n) is 5.17. The number of fused-ring (bicyclic) bond motifs is 1. The third kappa shape index (κ3) is 3.79. The average Bonchev–Trinajstić information content (AvgIpc) is 3.12. The number of piperazine rings is 1.